The van der Waals surface area contributed by atoms with Crippen LogP contribution in [0.15, 0.2) is 47.3 Å². The van der Waals surface area contributed by atoms with E-state index in [0.717, 1.165) is 25.1 Å². The molecule has 162 valence electrons. The number of carbonyl (C=O) groups is 2. The first-order chi connectivity index (χ1) is 14.8. The van der Waals surface area contributed by atoms with E-state index in [0.29, 0.717) is 16.6 Å². The van der Waals surface area contributed by atoms with E-state index in [9.17, 15) is 19.5 Å². The Bertz CT molecular complexity index is 1200. The van der Waals surface area contributed by atoms with Gasteiger partial charge in [0, 0.05) is 37.4 Å². The highest BCUT2D eigenvalue weighted by atomic mass is 16.4. The van der Waals surface area contributed by atoms with Crippen molar-refractivity contribution in [1.82, 2.24) is 4.57 Å². The standard InChI is InChI=1S/C23H25N3O5/c1-4-5-12-24-15-8-11-18-17(13-15)20(27)19(22(29)26(18)3)21(28)25(2)16-9-6-14(7-10-16)23(30)31/h6-11,13,24,27H,4-5,12H2,1-3H3,(H,30,31). The molecule has 0 aliphatic carbocycles. The number of benzene rings is 2. The number of aromatic hydroxyl groups is 1. The normalized spacial score (nSPS) is 10.8. The monoisotopic (exact) mass is 423 g/mol. The van der Waals surface area contributed by atoms with Gasteiger partial charge in [-0.3, -0.25) is 9.59 Å². The lowest BCUT2D eigenvalue weighted by atomic mass is 10.1. The van der Waals surface area contributed by atoms with E-state index in [1.54, 1.807) is 19.2 Å². The number of hydrogen-bond donors (Lipinski definition) is 3. The van der Waals surface area contributed by atoms with Crippen molar-refractivity contribution >= 4 is 34.2 Å². The predicted octanol–water partition coefficient (Wildman–Crippen LogP) is 3.43. The average molecular weight is 423 g/mol. The van der Waals surface area contributed by atoms with Crippen molar-refractivity contribution in [3.8, 4) is 5.75 Å². The molecule has 0 radical (unpaired) electrons. The lowest BCUT2D eigenvalue weighted by molar-refractivity contribution is 0.0696. The van der Waals surface area contributed by atoms with Crippen molar-refractivity contribution in [2.24, 2.45) is 7.05 Å². The van der Waals surface area contributed by atoms with Crippen molar-refractivity contribution in [2.45, 2.75) is 19.8 Å². The molecule has 2 aromatic carbocycles. The summed E-state index contributed by atoms with van der Waals surface area (Å²) in [6.45, 7) is 2.86. The number of rotatable bonds is 7. The van der Waals surface area contributed by atoms with Gasteiger partial charge in [-0.1, -0.05) is 13.3 Å². The topological polar surface area (TPSA) is 112 Å². The summed E-state index contributed by atoms with van der Waals surface area (Å²) in [6.07, 6.45) is 2.03. The summed E-state index contributed by atoms with van der Waals surface area (Å²) in [5.74, 6) is -2.14. The van der Waals surface area contributed by atoms with Gasteiger partial charge in [-0.15, -0.1) is 0 Å². The quantitative estimate of drug-likeness (QED) is 0.502. The molecule has 8 nitrogen and oxygen atoms in total. The van der Waals surface area contributed by atoms with Gasteiger partial charge in [0.15, 0.2) is 0 Å². The molecule has 8 heteroatoms. The van der Waals surface area contributed by atoms with Gasteiger partial charge >= 0.3 is 5.97 Å². The molecule has 0 aliphatic rings. The maximum absolute atomic E-state index is 13.1. The second-order valence-corrected chi connectivity index (χ2v) is 7.32. The minimum atomic E-state index is -1.08. The Balaban J connectivity index is 2.04. The summed E-state index contributed by atoms with van der Waals surface area (Å²) < 4.78 is 1.33. The molecule has 1 aromatic heterocycles. The Kier molecular flexibility index (Phi) is 6.29. The first-order valence-corrected chi connectivity index (χ1v) is 9.97. The van der Waals surface area contributed by atoms with Gasteiger partial charge < -0.3 is 25.0 Å². The number of amides is 1. The van der Waals surface area contributed by atoms with Gasteiger partial charge in [-0.05, 0) is 48.9 Å². The number of carbonyl (C=O) groups excluding carboxylic acids is 1. The van der Waals surface area contributed by atoms with E-state index in [2.05, 4.69) is 12.2 Å². The molecule has 3 N–H and O–H groups in total. The van der Waals surface area contributed by atoms with Gasteiger partial charge in [-0.25, -0.2) is 4.79 Å². The molecule has 0 bridgehead atoms. The molecular weight excluding hydrogens is 398 g/mol. The number of unbranched alkanes of at least 4 members (excludes halogenated alkanes) is 1. The number of aromatic carboxylic acids is 1. The van der Waals surface area contributed by atoms with Crippen LogP contribution in [0.3, 0.4) is 0 Å². The predicted molar refractivity (Wildman–Crippen MR) is 120 cm³/mol. The lowest BCUT2D eigenvalue weighted by Crippen LogP contribution is -2.34. The van der Waals surface area contributed by atoms with E-state index in [-0.39, 0.29) is 16.9 Å². The lowest BCUT2D eigenvalue weighted by Gasteiger charge is -2.19. The third-order valence-electron chi connectivity index (χ3n) is 5.25. The van der Waals surface area contributed by atoms with Gasteiger partial charge in [0.05, 0.1) is 11.1 Å². The van der Waals surface area contributed by atoms with Crippen molar-refractivity contribution in [3.63, 3.8) is 0 Å². The summed E-state index contributed by atoms with van der Waals surface area (Å²) in [7, 11) is 3.01. The van der Waals surface area contributed by atoms with Crippen molar-refractivity contribution in [2.75, 3.05) is 23.8 Å². The second-order valence-electron chi connectivity index (χ2n) is 7.32. The zero-order valence-corrected chi connectivity index (χ0v) is 17.7. The fourth-order valence-electron chi connectivity index (χ4n) is 3.36. The fourth-order valence-corrected chi connectivity index (χ4v) is 3.36. The largest absolute Gasteiger partial charge is 0.506 e. The minimum Gasteiger partial charge on any atom is -0.506 e. The number of pyridine rings is 1. The zero-order chi connectivity index (χ0) is 22.7. The molecule has 1 amide bonds. The van der Waals surface area contributed by atoms with Crippen molar-refractivity contribution in [1.29, 1.82) is 0 Å². The van der Waals surface area contributed by atoms with Crippen LogP contribution in [-0.4, -0.2) is 40.2 Å². The molecule has 0 saturated carbocycles. The number of nitrogens with one attached hydrogen (secondary N) is 1. The molecule has 0 spiro atoms. The smallest absolute Gasteiger partial charge is 0.335 e. The number of fused-ring (bicyclic) bond motifs is 1. The Hall–Kier alpha value is -3.81. The van der Waals surface area contributed by atoms with Crippen LogP contribution in [-0.2, 0) is 7.05 Å². The van der Waals surface area contributed by atoms with E-state index in [4.69, 9.17) is 5.11 Å². The van der Waals surface area contributed by atoms with Gasteiger partial charge in [0.25, 0.3) is 11.5 Å². The van der Waals surface area contributed by atoms with Crippen LogP contribution in [0, 0.1) is 0 Å². The number of anilines is 2. The summed E-state index contributed by atoms with van der Waals surface area (Å²) in [4.78, 5) is 38.2. The Labute approximate surface area is 179 Å². The minimum absolute atomic E-state index is 0.0807. The average Bonchev–Trinajstić information content (AvgIpc) is 2.77. The fraction of sp³-hybridized carbons (Fsp3) is 0.261. The maximum Gasteiger partial charge on any atom is 0.335 e. The number of carboxylic acid groups (broad SMARTS) is 1. The number of carboxylic acids is 1. The summed E-state index contributed by atoms with van der Waals surface area (Å²) >= 11 is 0. The van der Waals surface area contributed by atoms with E-state index >= 15 is 0 Å². The number of nitrogens with zero attached hydrogens (tertiary/aromatic N) is 2. The van der Waals surface area contributed by atoms with Gasteiger partial charge in [-0.2, -0.15) is 0 Å². The molecule has 0 aliphatic heterocycles. The van der Waals surface area contributed by atoms with Crippen LogP contribution >= 0.6 is 0 Å². The van der Waals surface area contributed by atoms with Gasteiger partial charge in [0.1, 0.15) is 11.3 Å². The van der Waals surface area contributed by atoms with E-state index in [1.807, 2.05) is 6.07 Å². The molecule has 0 saturated heterocycles. The van der Waals surface area contributed by atoms with E-state index < -0.39 is 17.4 Å². The first kappa shape index (κ1) is 21.9. The highest BCUT2D eigenvalue weighted by Crippen LogP contribution is 2.30. The Morgan fingerprint density at radius 3 is 2.42 bits per heavy atom. The number of hydrogen-bond acceptors (Lipinski definition) is 5. The Morgan fingerprint density at radius 2 is 1.81 bits per heavy atom. The van der Waals surface area contributed by atoms with Crippen LogP contribution < -0.4 is 15.8 Å². The third kappa shape index (κ3) is 4.23. The number of aryl methyl sites for hydroxylation is 1. The first-order valence-electron chi connectivity index (χ1n) is 9.97. The highest BCUT2D eigenvalue weighted by molar-refractivity contribution is 6.10. The molecule has 0 unspecified atom stereocenters. The van der Waals surface area contributed by atoms with Crippen LogP contribution in [0.4, 0.5) is 11.4 Å². The molecule has 0 fully saturated rings. The molecule has 3 aromatic rings. The summed E-state index contributed by atoms with van der Waals surface area (Å²) in [5.41, 5.74) is 0.810. The number of aromatic nitrogens is 1. The van der Waals surface area contributed by atoms with Crippen molar-refractivity contribution in [3.05, 3.63) is 63.9 Å². The highest BCUT2D eigenvalue weighted by Gasteiger charge is 2.25. The molecule has 0 atom stereocenters. The Morgan fingerprint density at radius 1 is 1.13 bits per heavy atom. The molecular formula is C23H25N3O5. The maximum atomic E-state index is 13.1. The molecule has 31 heavy (non-hydrogen) atoms. The third-order valence-corrected chi connectivity index (χ3v) is 5.25. The summed E-state index contributed by atoms with van der Waals surface area (Å²) in [6, 6.07) is 11.0. The summed E-state index contributed by atoms with van der Waals surface area (Å²) in [5, 5.41) is 23.6. The van der Waals surface area contributed by atoms with E-state index in [1.165, 1.54) is 40.8 Å². The van der Waals surface area contributed by atoms with Crippen LogP contribution in [0.25, 0.3) is 10.9 Å². The molecule has 3 rings (SSSR count). The molecule has 1 heterocycles. The van der Waals surface area contributed by atoms with Crippen LogP contribution in [0.2, 0.25) is 0 Å². The van der Waals surface area contributed by atoms with Crippen molar-refractivity contribution < 1.29 is 19.8 Å². The SMILES string of the molecule is CCCCNc1ccc2c(c1)c(O)c(C(=O)N(C)c1ccc(C(=O)O)cc1)c(=O)n2C. The van der Waals surface area contributed by atoms with Crippen LogP contribution in [0.1, 0.15) is 40.5 Å². The second kappa shape index (κ2) is 8.91. The van der Waals surface area contributed by atoms with Crippen LogP contribution in [0.5, 0.6) is 5.75 Å². The van der Waals surface area contributed by atoms with Gasteiger partial charge in [0.2, 0.25) is 0 Å². The zero-order valence-electron chi connectivity index (χ0n) is 17.7.